The highest BCUT2D eigenvalue weighted by Gasteiger charge is 2.27. The summed E-state index contributed by atoms with van der Waals surface area (Å²) in [5, 5.41) is 8.97. The highest BCUT2D eigenvalue weighted by atomic mass is 16.2. The number of nitriles is 1. The summed E-state index contributed by atoms with van der Waals surface area (Å²) in [7, 11) is 0. The Balaban J connectivity index is 1.56. The van der Waals surface area contributed by atoms with Crippen LogP contribution in [0.1, 0.15) is 35.4 Å². The number of carbonyl (C=O) groups excluding carboxylic acids is 1. The van der Waals surface area contributed by atoms with Crippen molar-refractivity contribution in [1.29, 1.82) is 5.26 Å². The lowest BCUT2D eigenvalue weighted by atomic mass is 9.89. The maximum Gasteiger partial charge on any atom is 0.239 e. The molecule has 0 radical (unpaired) electrons. The summed E-state index contributed by atoms with van der Waals surface area (Å²) < 4.78 is 0. The summed E-state index contributed by atoms with van der Waals surface area (Å²) in [6, 6.07) is 19.4. The first-order valence-corrected chi connectivity index (χ1v) is 8.75. The van der Waals surface area contributed by atoms with Crippen molar-refractivity contribution >= 4 is 5.91 Å². The van der Waals surface area contributed by atoms with E-state index >= 15 is 0 Å². The van der Waals surface area contributed by atoms with Gasteiger partial charge in [-0.1, -0.05) is 42.5 Å². The number of nitrogens with two attached hydrogens (primary N) is 1. The molecule has 2 N–H and O–H groups in total. The Morgan fingerprint density at radius 2 is 1.88 bits per heavy atom. The van der Waals surface area contributed by atoms with E-state index in [2.05, 4.69) is 30.3 Å². The van der Waals surface area contributed by atoms with Gasteiger partial charge in [-0.05, 0) is 48.4 Å². The topological polar surface area (TPSA) is 70.1 Å². The van der Waals surface area contributed by atoms with E-state index in [1.165, 1.54) is 5.56 Å². The third kappa shape index (κ3) is 4.26. The second-order valence-electron chi connectivity index (χ2n) is 6.63. The molecule has 1 atom stereocenters. The van der Waals surface area contributed by atoms with Gasteiger partial charge in [-0.25, -0.2) is 0 Å². The lowest BCUT2D eigenvalue weighted by Crippen LogP contribution is -2.47. The minimum Gasteiger partial charge on any atom is -0.341 e. The molecule has 1 aliphatic heterocycles. The third-order valence-corrected chi connectivity index (χ3v) is 4.91. The number of nitrogens with zero attached hydrogens (tertiary/aromatic N) is 2. The van der Waals surface area contributed by atoms with E-state index in [9.17, 15) is 4.79 Å². The molecular formula is C21H23N3O. The van der Waals surface area contributed by atoms with Crippen molar-refractivity contribution in [3.63, 3.8) is 0 Å². The zero-order valence-corrected chi connectivity index (χ0v) is 14.3. The number of hydrogen-bond donors (Lipinski definition) is 1. The van der Waals surface area contributed by atoms with Crippen LogP contribution in [0.5, 0.6) is 0 Å². The quantitative estimate of drug-likeness (QED) is 0.935. The van der Waals surface area contributed by atoms with Crippen LogP contribution in [0, 0.1) is 11.3 Å². The van der Waals surface area contributed by atoms with Gasteiger partial charge in [0.15, 0.2) is 0 Å². The molecule has 2 aromatic rings. The van der Waals surface area contributed by atoms with Crippen molar-refractivity contribution in [3.05, 3.63) is 71.3 Å². The molecule has 25 heavy (non-hydrogen) atoms. The number of piperidine rings is 1. The van der Waals surface area contributed by atoms with Gasteiger partial charge in [-0.15, -0.1) is 0 Å². The molecule has 0 bridgehead atoms. The van der Waals surface area contributed by atoms with Gasteiger partial charge < -0.3 is 10.6 Å². The van der Waals surface area contributed by atoms with Crippen LogP contribution in [0.25, 0.3) is 0 Å². The second-order valence-corrected chi connectivity index (χ2v) is 6.63. The van der Waals surface area contributed by atoms with E-state index in [4.69, 9.17) is 11.0 Å². The lowest BCUT2D eigenvalue weighted by molar-refractivity contribution is -0.133. The van der Waals surface area contributed by atoms with Gasteiger partial charge in [0.05, 0.1) is 17.7 Å². The largest absolute Gasteiger partial charge is 0.341 e. The van der Waals surface area contributed by atoms with Gasteiger partial charge in [0.25, 0.3) is 0 Å². The summed E-state index contributed by atoms with van der Waals surface area (Å²) in [6.07, 6.45) is 2.42. The van der Waals surface area contributed by atoms with E-state index in [0.717, 1.165) is 31.5 Å². The Kier molecular flexibility index (Phi) is 5.47. The van der Waals surface area contributed by atoms with Crippen molar-refractivity contribution < 1.29 is 4.79 Å². The molecule has 128 valence electrons. The normalized spacial score (nSPS) is 16.2. The van der Waals surface area contributed by atoms with Crippen LogP contribution in [0.4, 0.5) is 0 Å². The van der Waals surface area contributed by atoms with Crippen LogP contribution < -0.4 is 5.73 Å². The molecule has 1 unspecified atom stereocenters. The minimum absolute atomic E-state index is 0.00822. The number of carbonyl (C=O) groups is 1. The zero-order valence-electron chi connectivity index (χ0n) is 14.3. The first-order chi connectivity index (χ1) is 12.2. The van der Waals surface area contributed by atoms with Gasteiger partial charge in [-0.3, -0.25) is 4.79 Å². The van der Waals surface area contributed by atoms with Crippen molar-refractivity contribution in [2.75, 3.05) is 13.1 Å². The first-order valence-electron chi connectivity index (χ1n) is 8.75. The molecule has 3 rings (SSSR count). The summed E-state index contributed by atoms with van der Waals surface area (Å²) in [6.45, 7) is 1.51. The fourth-order valence-electron chi connectivity index (χ4n) is 3.50. The highest BCUT2D eigenvalue weighted by Crippen LogP contribution is 2.28. The van der Waals surface area contributed by atoms with Crippen LogP contribution in [-0.2, 0) is 11.2 Å². The molecule has 1 aliphatic rings. The van der Waals surface area contributed by atoms with E-state index in [1.54, 1.807) is 12.1 Å². The third-order valence-electron chi connectivity index (χ3n) is 4.91. The van der Waals surface area contributed by atoms with Crippen molar-refractivity contribution in [2.24, 2.45) is 5.73 Å². The number of likely N-dealkylation sites (tertiary alicyclic amines) is 1. The van der Waals surface area contributed by atoms with Crippen LogP contribution in [0.3, 0.4) is 0 Å². The zero-order chi connectivity index (χ0) is 17.6. The van der Waals surface area contributed by atoms with Gasteiger partial charge in [0.1, 0.15) is 0 Å². The van der Waals surface area contributed by atoms with Crippen LogP contribution in [0.15, 0.2) is 54.6 Å². The maximum atomic E-state index is 12.6. The fraction of sp³-hybridized carbons (Fsp3) is 0.333. The molecule has 2 aromatic carbocycles. The minimum atomic E-state index is -0.554. The second kappa shape index (κ2) is 7.96. The molecule has 0 saturated carbocycles. The molecule has 1 fully saturated rings. The summed E-state index contributed by atoms with van der Waals surface area (Å²) in [5.41, 5.74) is 9.02. The Morgan fingerprint density at radius 1 is 1.16 bits per heavy atom. The van der Waals surface area contributed by atoms with E-state index < -0.39 is 6.04 Å². The van der Waals surface area contributed by atoms with Crippen LogP contribution >= 0.6 is 0 Å². The number of amides is 1. The van der Waals surface area contributed by atoms with Gasteiger partial charge in [-0.2, -0.15) is 5.26 Å². The van der Waals surface area contributed by atoms with E-state index in [-0.39, 0.29) is 5.91 Å². The number of rotatable bonds is 4. The van der Waals surface area contributed by atoms with Crippen molar-refractivity contribution in [2.45, 2.75) is 31.2 Å². The SMILES string of the molecule is N#Cc1cccc(CC(N)C(=O)N2CCC(c3ccccc3)CC2)c1. The van der Waals surface area contributed by atoms with E-state index in [0.29, 0.717) is 17.9 Å². The molecule has 0 aromatic heterocycles. The van der Waals surface area contributed by atoms with Crippen LogP contribution in [0.2, 0.25) is 0 Å². The highest BCUT2D eigenvalue weighted by molar-refractivity contribution is 5.82. The molecular weight excluding hydrogens is 310 g/mol. The standard InChI is InChI=1S/C21H23N3O/c22-15-17-6-4-5-16(13-17)14-20(23)21(25)24-11-9-19(10-12-24)18-7-2-1-3-8-18/h1-8,13,19-20H,9-12,14,23H2. The Bertz CT molecular complexity index is 758. The summed E-state index contributed by atoms with van der Waals surface area (Å²) >= 11 is 0. The van der Waals surface area contributed by atoms with Crippen LogP contribution in [-0.4, -0.2) is 29.9 Å². The summed E-state index contributed by atoms with van der Waals surface area (Å²) in [5.74, 6) is 0.530. The molecule has 1 amide bonds. The predicted octanol–water partition coefficient (Wildman–Crippen LogP) is 2.83. The predicted molar refractivity (Wildman–Crippen MR) is 97.8 cm³/mol. The molecule has 4 heteroatoms. The first kappa shape index (κ1) is 17.2. The average molecular weight is 333 g/mol. The van der Waals surface area contributed by atoms with Gasteiger partial charge in [0.2, 0.25) is 5.91 Å². The number of hydrogen-bond acceptors (Lipinski definition) is 3. The molecule has 1 heterocycles. The van der Waals surface area contributed by atoms with Gasteiger partial charge in [0, 0.05) is 13.1 Å². The maximum absolute atomic E-state index is 12.6. The molecule has 0 spiro atoms. The monoisotopic (exact) mass is 333 g/mol. The lowest BCUT2D eigenvalue weighted by Gasteiger charge is -2.33. The summed E-state index contributed by atoms with van der Waals surface area (Å²) in [4.78, 5) is 14.5. The Labute approximate surface area is 148 Å². The molecule has 0 aliphatic carbocycles. The van der Waals surface area contributed by atoms with E-state index in [1.807, 2.05) is 23.1 Å². The van der Waals surface area contributed by atoms with Crippen molar-refractivity contribution in [3.8, 4) is 6.07 Å². The average Bonchev–Trinajstić information content (AvgIpc) is 2.68. The smallest absolute Gasteiger partial charge is 0.239 e. The van der Waals surface area contributed by atoms with Crippen molar-refractivity contribution in [1.82, 2.24) is 4.90 Å². The Hall–Kier alpha value is -2.64. The molecule has 1 saturated heterocycles. The van der Waals surface area contributed by atoms with Gasteiger partial charge >= 0.3 is 0 Å². The molecule has 4 nitrogen and oxygen atoms in total. The fourth-order valence-corrected chi connectivity index (χ4v) is 3.50. The Morgan fingerprint density at radius 3 is 2.56 bits per heavy atom. The number of benzene rings is 2.